The number of ketones is 1. The summed E-state index contributed by atoms with van der Waals surface area (Å²) in [4.78, 5) is 13.1. The van der Waals surface area contributed by atoms with E-state index in [0.29, 0.717) is 19.3 Å². The first-order valence-corrected chi connectivity index (χ1v) is 9.54. The summed E-state index contributed by atoms with van der Waals surface area (Å²) in [7, 11) is 0. The molecule has 4 aliphatic carbocycles. The van der Waals surface area contributed by atoms with Gasteiger partial charge in [0.25, 0.3) is 0 Å². The second-order valence-corrected chi connectivity index (χ2v) is 9.59. The molecule has 4 aliphatic rings. The lowest BCUT2D eigenvalue weighted by Crippen LogP contribution is -2.63. The summed E-state index contributed by atoms with van der Waals surface area (Å²) in [5.41, 5.74) is -1.23. The molecule has 0 radical (unpaired) electrons. The van der Waals surface area contributed by atoms with E-state index in [4.69, 9.17) is 0 Å². The van der Waals surface area contributed by atoms with Crippen LogP contribution in [0.15, 0.2) is 11.6 Å². The standard InChI is InChI=1S/C20H30O5/c1-17(10-21)15(24)3-4-18(2)16(17)14(23)8-12-7-13-9-19(12,18)5-6-20(13,25)11-22/h8,13,15-16,21-22,24-25H,3-7,9-11H2,1-2H3. The van der Waals surface area contributed by atoms with Gasteiger partial charge in [-0.2, -0.15) is 0 Å². The largest absolute Gasteiger partial charge is 0.396 e. The van der Waals surface area contributed by atoms with Crippen LogP contribution in [0.4, 0.5) is 0 Å². The number of hydrogen-bond acceptors (Lipinski definition) is 5. The highest BCUT2D eigenvalue weighted by Gasteiger charge is 2.70. The maximum absolute atomic E-state index is 13.1. The zero-order chi connectivity index (χ0) is 18.3. The Balaban J connectivity index is 1.85. The van der Waals surface area contributed by atoms with Gasteiger partial charge < -0.3 is 20.4 Å². The maximum atomic E-state index is 13.1. The first-order valence-electron chi connectivity index (χ1n) is 9.54. The van der Waals surface area contributed by atoms with Crippen LogP contribution in [0.3, 0.4) is 0 Å². The molecule has 3 saturated carbocycles. The predicted molar refractivity (Wildman–Crippen MR) is 91.5 cm³/mol. The minimum Gasteiger partial charge on any atom is -0.396 e. The fourth-order valence-corrected chi connectivity index (χ4v) is 7.09. The van der Waals surface area contributed by atoms with E-state index in [1.54, 1.807) is 6.08 Å². The Labute approximate surface area is 148 Å². The van der Waals surface area contributed by atoms with Gasteiger partial charge in [0.2, 0.25) is 0 Å². The number of carbonyl (C=O) groups excluding carboxylic acids is 1. The van der Waals surface area contributed by atoms with Gasteiger partial charge in [-0.1, -0.05) is 19.4 Å². The van der Waals surface area contributed by atoms with Crippen LogP contribution in [0, 0.1) is 28.1 Å². The molecular formula is C20H30O5. The number of fused-ring (bicyclic) bond motifs is 2. The Hall–Kier alpha value is -0.750. The number of allylic oxidation sites excluding steroid dienone is 2. The van der Waals surface area contributed by atoms with Gasteiger partial charge in [0.05, 0.1) is 24.9 Å². The molecule has 7 unspecified atom stereocenters. The van der Waals surface area contributed by atoms with E-state index >= 15 is 0 Å². The van der Waals surface area contributed by atoms with Crippen molar-refractivity contribution in [1.82, 2.24) is 0 Å². The van der Waals surface area contributed by atoms with Gasteiger partial charge in [-0.05, 0) is 61.3 Å². The summed E-state index contributed by atoms with van der Waals surface area (Å²) in [5.74, 6) is -0.414. The fourth-order valence-electron chi connectivity index (χ4n) is 7.09. The molecule has 0 aliphatic heterocycles. The maximum Gasteiger partial charge on any atom is 0.160 e. The molecule has 7 atom stereocenters. The Bertz CT molecular complexity index is 644. The summed E-state index contributed by atoms with van der Waals surface area (Å²) in [6.45, 7) is 3.56. The van der Waals surface area contributed by atoms with Gasteiger partial charge in [-0.3, -0.25) is 4.79 Å². The fraction of sp³-hybridized carbons (Fsp3) is 0.850. The molecule has 0 aromatic heterocycles. The third-order valence-corrected chi connectivity index (χ3v) is 8.72. The summed E-state index contributed by atoms with van der Waals surface area (Å²) in [5, 5.41) is 41.2. The summed E-state index contributed by atoms with van der Waals surface area (Å²) < 4.78 is 0. The lowest BCUT2D eigenvalue weighted by molar-refractivity contribution is -0.187. The topological polar surface area (TPSA) is 98.0 Å². The third kappa shape index (κ3) is 1.90. The molecular weight excluding hydrogens is 320 g/mol. The SMILES string of the molecule is CC1(CO)C(O)CCC2(C)C1C(=O)C=C1CC3CC12CCC3(O)CO. The molecule has 0 saturated heterocycles. The Kier molecular flexibility index (Phi) is 3.64. The van der Waals surface area contributed by atoms with Crippen molar-refractivity contribution in [2.24, 2.45) is 28.1 Å². The highest BCUT2D eigenvalue weighted by atomic mass is 16.3. The van der Waals surface area contributed by atoms with Crippen LogP contribution in [-0.4, -0.2) is 51.1 Å². The van der Waals surface area contributed by atoms with Crippen molar-refractivity contribution < 1.29 is 25.2 Å². The summed E-state index contributed by atoms with van der Waals surface area (Å²) in [6, 6.07) is 0. The molecule has 0 amide bonds. The van der Waals surface area contributed by atoms with Crippen molar-refractivity contribution in [1.29, 1.82) is 0 Å². The average molecular weight is 350 g/mol. The lowest BCUT2D eigenvalue weighted by Gasteiger charge is -2.63. The van der Waals surface area contributed by atoms with Crippen molar-refractivity contribution >= 4 is 5.78 Å². The van der Waals surface area contributed by atoms with E-state index in [0.717, 1.165) is 24.8 Å². The quantitative estimate of drug-likeness (QED) is 0.600. The smallest absolute Gasteiger partial charge is 0.160 e. The second-order valence-electron chi connectivity index (χ2n) is 9.59. The van der Waals surface area contributed by atoms with E-state index in [-0.39, 0.29) is 35.7 Å². The number of carbonyl (C=O) groups is 1. The Morgan fingerprint density at radius 2 is 1.88 bits per heavy atom. The second kappa shape index (κ2) is 5.16. The van der Waals surface area contributed by atoms with Crippen molar-refractivity contribution in [2.45, 2.75) is 64.1 Å². The van der Waals surface area contributed by atoms with E-state index in [2.05, 4.69) is 6.92 Å². The van der Waals surface area contributed by atoms with Gasteiger partial charge in [-0.25, -0.2) is 0 Å². The van der Waals surface area contributed by atoms with Gasteiger partial charge in [0.15, 0.2) is 5.78 Å². The van der Waals surface area contributed by atoms with Crippen LogP contribution in [0.25, 0.3) is 0 Å². The van der Waals surface area contributed by atoms with Gasteiger partial charge in [-0.15, -0.1) is 0 Å². The molecule has 0 heterocycles. The molecule has 4 N–H and O–H groups in total. The number of hydrogen-bond donors (Lipinski definition) is 4. The zero-order valence-electron chi connectivity index (χ0n) is 15.2. The van der Waals surface area contributed by atoms with Crippen LogP contribution >= 0.6 is 0 Å². The normalized spacial score (nSPS) is 54.7. The van der Waals surface area contributed by atoms with E-state index in [1.165, 1.54) is 0 Å². The number of rotatable bonds is 2. The predicted octanol–water partition coefficient (Wildman–Crippen LogP) is 1.18. The molecule has 25 heavy (non-hydrogen) atoms. The minimum atomic E-state index is -1.05. The zero-order valence-corrected chi connectivity index (χ0v) is 15.2. The van der Waals surface area contributed by atoms with Crippen molar-refractivity contribution in [3.05, 3.63) is 11.6 Å². The van der Waals surface area contributed by atoms with Crippen LogP contribution in [0.1, 0.15) is 52.4 Å². The molecule has 1 spiro atoms. The average Bonchev–Trinajstić information content (AvgIpc) is 2.92. The highest BCUT2D eigenvalue weighted by molar-refractivity contribution is 5.95. The Morgan fingerprint density at radius 1 is 1.16 bits per heavy atom. The first kappa shape index (κ1) is 17.7. The molecule has 140 valence electrons. The first-order chi connectivity index (χ1) is 11.7. The Morgan fingerprint density at radius 3 is 2.52 bits per heavy atom. The van der Waals surface area contributed by atoms with Gasteiger partial charge in [0.1, 0.15) is 0 Å². The van der Waals surface area contributed by atoms with Crippen molar-refractivity contribution in [3.63, 3.8) is 0 Å². The third-order valence-electron chi connectivity index (χ3n) is 8.72. The van der Waals surface area contributed by atoms with Crippen LogP contribution in [0.5, 0.6) is 0 Å². The molecule has 5 heteroatoms. The van der Waals surface area contributed by atoms with Crippen LogP contribution in [0.2, 0.25) is 0 Å². The number of aliphatic hydroxyl groups excluding tert-OH is 3. The molecule has 0 aromatic rings. The molecule has 4 rings (SSSR count). The van der Waals surface area contributed by atoms with Crippen molar-refractivity contribution in [3.8, 4) is 0 Å². The number of aliphatic hydroxyl groups is 4. The molecule has 2 bridgehead atoms. The van der Waals surface area contributed by atoms with Gasteiger partial charge >= 0.3 is 0 Å². The van der Waals surface area contributed by atoms with Crippen LogP contribution < -0.4 is 0 Å². The molecule has 3 fully saturated rings. The van der Waals surface area contributed by atoms with Crippen molar-refractivity contribution in [2.75, 3.05) is 13.2 Å². The van der Waals surface area contributed by atoms with E-state index < -0.39 is 23.0 Å². The summed E-state index contributed by atoms with van der Waals surface area (Å²) in [6.07, 6.45) is 5.16. The summed E-state index contributed by atoms with van der Waals surface area (Å²) >= 11 is 0. The lowest BCUT2D eigenvalue weighted by atomic mass is 9.41. The molecule has 5 nitrogen and oxygen atoms in total. The van der Waals surface area contributed by atoms with Crippen LogP contribution in [-0.2, 0) is 4.79 Å². The van der Waals surface area contributed by atoms with E-state index in [1.807, 2.05) is 6.92 Å². The molecule has 0 aromatic carbocycles. The highest BCUT2D eigenvalue weighted by Crippen LogP contribution is 2.73. The van der Waals surface area contributed by atoms with E-state index in [9.17, 15) is 25.2 Å². The van der Waals surface area contributed by atoms with Gasteiger partial charge in [0, 0.05) is 11.3 Å². The minimum absolute atomic E-state index is 0.0125. The monoisotopic (exact) mass is 350 g/mol.